The number of hydrogen-bond acceptors (Lipinski definition) is 3. The van der Waals surface area contributed by atoms with E-state index < -0.39 is 11.7 Å². The number of carbonyl (C=O) groups is 1. The van der Waals surface area contributed by atoms with Crippen molar-refractivity contribution in [2.75, 3.05) is 12.4 Å². The van der Waals surface area contributed by atoms with E-state index in [0.717, 1.165) is 24.2 Å². The van der Waals surface area contributed by atoms with Gasteiger partial charge < -0.3 is 9.47 Å². The largest absolute Gasteiger partial charge is 0.496 e. The molecular formula is C15H23NO3. The van der Waals surface area contributed by atoms with Gasteiger partial charge in [0.2, 0.25) is 0 Å². The smallest absolute Gasteiger partial charge is 0.412 e. The number of ether oxygens (including phenoxy) is 2. The van der Waals surface area contributed by atoms with Crippen LogP contribution in [0, 0.1) is 0 Å². The lowest BCUT2D eigenvalue weighted by Gasteiger charge is -2.20. The molecule has 1 aromatic carbocycles. The average Bonchev–Trinajstić information content (AvgIpc) is 2.28. The van der Waals surface area contributed by atoms with Crippen LogP contribution in [0.2, 0.25) is 0 Å². The first-order chi connectivity index (χ1) is 8.85. The third-order valence-corrected chi connectivity index (χ3v) is 2.45. The molecule has 0 aliphatic carbocycles. The second kappa shape index (κ2) is 6.45. The van der Waals surface area contributed by atoms with Gasteiger partial charge in [-0.2, -0.15) is 0 Å². The number of rotatable bonds is 4. The molecule has 0 saturated carbocycles. The van der Waals surface area contributed by atoms with Crippen LogP contribution in [0.1, 0.15) is 39.7 Å². The van der Waals surface area contributed by atoms with Gasteiger partial charge in [0.15, 0.2) is 0 Å². The molecule has 106 valence electrons. The lowest BCUT2D eigenvalue weighted by molar-refractivity contribution is 0.0636. The summed E-state index contributed by atoms with van der Waals surface area (Å²) in [5.74, 6) is 0.787. The molecule has 0 unspecified atom stereocenters. The van der Waals surface area contributed by atoms with Crippen LogP contribution in [0.3, 0.4) is 0 Å². The molecule has 1 aromatic rings. The van der Waals surface area contributed by atoms with E-state index >= 15 is 0 Å². The van der Waals surface area contributed by atoms with E-state index in [4.69, 9.17) is 9.47 Å². The molecule has 0 aliphatic heterocycles. The van der Waals surface area contributed by atoms with E-state index in [0.29, 0.717) is 5.69 Å². The van der Waals surface area contributed by atoms with Gasteiger partial charge in [-0.1, -0.05) is 19.4 Å². The lowest BCUT2D eigenvalue weighted by Crippen LogP contribution is -2.27. The Bertz CT molecular complexity index is 436. The van der Waals surface area contributed by atoms with Crippen molar-refractivity contribution in [2.24, 2.45) is 0 Å². The molecule has 19 heavy (non-hydrogen) atoms. The monoisotopic (exact) mass is 265 g/mol. The summed E-state index contributed by atoms with van der Waals surface area (Å²) in [7, 11) is 1.63. The Morgan fingerprint density at radius 3 is 2.53 bits per heavy atom. The summed E-state index contributed by atoms with van der Waals surface area (Å²) in [5, 5.41) is 2.70. The molecule has 0 spiro atoms. The maximum Gasteiger partial charge on any atom is 0.412 e. The van der Waals surface area contributed by atoms with Crippen molar-refractivity contribution in [2.45, 2.75) is 46.1 Å². The molecule has 4 heteroatoms. The van der Waals surface area contributed by atoms with E-state index in [-0.39, 0.29) is 0 Å². The predicted octanol–water partition coefficient (Wildman–Crippen LogP) is 3.99. The van der Waals surface area contributed by atoms with Crippen LogP contribution < -0.4 is 10.1 Å². The highest BCUT2D eigenvalue weighted by molar-refractivity contribution is 5.85. The van der Waals surface area contributed by atoms with Crippen LogP contribution >= 0.6 is 0 Å². The number of anilines is 1. The minimum Gasteiger partial charge on any atom is -0.496 e. The quantitative estimate of drug-likeness (QED) is 0.895. The fraction of sp³-hybridized carbons (Fsp3) is 0.533. The first kappa shape index (κ1) is 15.3. The van der Waals surface area contributed by atoms with E-state index in [9.17, 15) is 4.79 Å². The molecule has 0 atom stereocenters. The molecule has 1 amide bonds. The van der Waals surface area contributed by atoms with Crippen LogP contribution in [-0.4, -0.2) is 18.8 Å². The number of hydrogen-bond donors (Lipinski definition) is 1. The van der Waals surface area contributed by atoms with Gasteiger partial charge in [-0.15, -0.1) is 0 Å². The van der Waals surface area contributed by atoms with E-state index in [1.807, 2.05) is 39.0 Å². The molecule has 0 saturated heterocycles. The van der Waals surface area contributed by atoms with Crippen molar-refractivity contribution in [3.8, 4) is 5.75 Å². The van der Waals surface area contributed by atoms with Gasteiger partial charge in [-0.3, -0.25) is 5.32 Å². The van der Waals surface area contributed by atoms with E-state index in [1.54, 1.807) is 7.11 Å². The maximum absolute atomic E-state index is 11.7. The second-order valence-electron chi connectivity index (χ2n) is 5.40. The molecular weight excluding hydrogens is 242 g/mol. The molecule has 0 aromatic heterocycles. The summed E-state index contributed by atoms with van der Waals surface area (Å²) >= 11 is 0. The standard InChI is InChI=1S/C15H23NO3/c1-6-7-11-8-9-12(10-13(11)18-5)16-14(17)19-15(2,3)4/h8-10H,6-7H2,1-5H3,(H,16,17). The summed E-state index contributed by atoms with van der Waals surface area (Å²) in [4.78, 5) is 11.7. The normalized spacial score (nSPS) is 11.0. The van der Waals surface area contributed by atoms with Crippen molar-refractivity contribution >= 4 is 11.8 Å². The Kier molecular flexibility index (Phi) is 5.21. The molecule has 0 fully saturated rings. The molecule has 0 radical (unpaired) electrons. The molecule has 1 rings (SSSR count). The molecule has 4 nitrogen and oxygen atoms in total. The first-order valence-corrected chi connectivity index (χ1v) is 6.52. The SMILES string of the molecule is CCCc1ccc(NC(=O)OC(C)(C)C)cc1OC. The zero-order valence-corrected chi connectivity index (χ0v) is 12.4. The highest BCUT2D eigenvalue weighted by Gasteiger charge is 2.16. The van der Waals surface area contributed by atoms with Crippen molar-refractivity contribution in [1.29, 1.82) is 0 Å². The predicted molar refractivity (Wildman–Crippen MR) is 76.8 cm³/mol. The first-order valence-electron chi connectivity index (χ1n) is 6.52. The van der Waals surface area contributed by atoms with Gasteiger partial charge in [-0.25, -0.2) is 4.79 Å². The molecule has 0 heterocycles. The number of methoxy groups -OCH3 is 1. The van der Waals surface area contributed by atoms with Crippen molar-refractivity contribution in [1.82, 2.24) is 0 Å². The van der Waals surface area contributed by atoms with Gasteiger partial charge >= 0.3 is 6.09 Å². The number of carbonyl (C=O) groups excluding carboxylic acids is 1. The van der Waals surface area contributed by atoms with Crippen LogP contribution in [0.4, 0.5) is 10.5 Å². The van der Waals surface area contributed by atoms with E-state index in [2.05, 4.69) is 12.2 Å². The van der Waals surface area contributed by atoms with Gasteiger partial charge in [-0.05, 0) is 38.8 Å². The number of benzene rings is 1. The summed E-state index contributed by atoms with van der Waals surface area (Å²) in [6.07, 6.45) is 1.54. The van der Waals surface area contributed by atoms with Crippen molar-refractivity contribution < 1.29 is 14.3 Å². The Morgan fingerprint density at radius 1 is 1.32 bits per heavy atom. The number of aryl methyl sites for hydroxylation is 1. The van der Waals surface area contributed by atoms with Gasteiger partial charge in [0, 0.05) is 11.8 Å². The summed E-state index contributed by atoms with van der Waals surface area (Å²) in [5.41, 5.74) is 1.31. The summed E-state index contributed by atoms with van der Waals surface area (Å²) in [6, 6.07) is 5.64. The molecule has 0 bridgehead atoms. The second-order valence-corrected chi connectivity index (χ2v) is 5.40. The fourth-order valence-electron chi connectivity index (χ4n) is 1.72. The maximum atomic E-state index is 11.7. The third-order valence-electron chi connectivity index (χ3n) is 2.45. The summed E-state index contributed by atoms with van der Waals surface area (Å²) < 4.78 is 10.5. The van der Waals surface area contributed by atoms with Crippen molar-refractivity contribution in [3.63, 3.8) is 0 Å². The van der Waals surface area contributed by atoms with Crippen LogP contribution in [-0.2, 0) is 11.2 Å². The van der Waals surface area contributed by atoms with Gasteiger partial charge in [0.1, 0.15) is 11.4 Å². The molecule has 0 aliphatic rings. The van der Waals surface area contributed by atoms with Crippen LogP contribution in [0.25, 0.3) is 0 Å². The topological polar surface area (TPSA) is 47.6 Å². The number of amides is 1. The molecule has 1 N–H and O–H groups in total. The third kappa shape index (κ3) is 5.20. The average molecular weight is 265 g/mol. The van der Waals surface area contributed by atoms with Crippen molar-refractivity contribution in [3.05, 3.63) is 23.8 Å². The Labute approximate surface area is 115 Å². The summed E-state index contributed by atoms with van der Waals surface area (Å²) in [6.45, 7) is 7.61. The van der Waals surface area contributed by atoms with E-state index in [1.165, 1.54) is 0 Å². The minimum absolute atomic E-state index is 0.460. The van der Waals surface area contributed by atoms with Crippen LogP contribution in [0.15, 0.2) is 18.2 Å². The Hall–Kier alpha value is -1.71. The lowest BCUT2D eigenvalue weighted by atomic mass is 10.1. The van der Waals surface area contributed by atoms with Crippen LogP contribution in [0.5, 0.6) is 5.75 Å². The van der Waals surface area contributed by atoms with Gasteiger partial charge in [0.25, 0.3) is 0 Å². The zero-order valence-electron chi connectivity index (χ0n) is 12.4. The zero-order chi connectivity index (χ0) is 14.5. The van der Waals surface area contributed by atoms with Gasteiger partial charge in [0.05, 0.1) is 7.11 Å². The Morgan fingerprint density at radius 2 is 2.00 bits per heavy atom. The minimum atomic E-state index is -0.504. The Balaban J connectivity index is 2.77. The number of nitrogens with one attached hydrogen (secondary N) is 1. The highest BCUT2D eigenvalue weighted by Crippen LogP contribution is 2.24. The fourth-order valence-corrected chi connectivity index (χ4v) is 1.72. The highest BCUT2D eigenvalue weighted by atomic mass is 16.6.